The lowest BCUT2D eigenvalue weighted by molar-refractivity contribution is -0.167. The largest absolute Gasteiger partial charge is 0.462 e. The summed E-state index contributed by atoms with van der Waals surface area (Å²) >= 11 is 0. The standard InChI is InChI=1S/C70H118O6/c1-4-7-10-13-16-18-20-22-24-26-27-28-29-30-31-32-33-34-35-36-37-38-39-40-41-42-43-45-46-48-50-52-54-57-60-63-69(72)75-66-67(65-74-68(71)62-59-56-15-12-9-6-3)76-70(73)64-61-58-55-53-51-49-47-44-25-23-21-19-17-14-11-8-5-2/h7,10,16-19,22-25,27-28,30-31,33-34,36-37,67H,4-6,8-9,11-15,20-21,26,29,32,35,38-66H2,1-3H3/b10-7-,18-16-,19-17-,24-22-,25-23-,28-27-,31-30-,34-33-,37-36-. The molecule has 0 N–H and O–H groups in total. The molecule has 0 saturated heterocycles. The third-order valence-corrected chi connectivity index (χ3v) is 13.5. The van der Waals surface area contributed by atoms with Crippen LogP contribution in [0.2, 0.25) is 0 Å². The quantitative estimate of drug-likeness (QED) is 0.0261. The molecule has 0 aromatic rings. The average Bonchev–Trinajstić information content (AvgIpc) is 3.42. The molecule has 0 heterocycles. The number of allylic oxidation sites excluding steroid dienone is 18. The molecular formula is C70H118O6. The summed E-state index contributed by atoms with van der Waals surface area (Å²) in [5.74, 6) is -0.893. The van der Waals surface area contributed by atoms with Gasteiger partial charge in [-0.1, -0.05) is 278 Å². The Hall–Kier alpha value is -3.93. The number of rotatable bonds is 57. The number of carbonyl (C=O) groups excluding carboxylic acids is 3. The number of ether oxygens (including phenoxy) is 3. The molecule has 0 radical (unpaired) electrons. The summed E-state index contributed by atoms with van der Waals surface area (Å²) in [6, 6.07) is 0. The summed E-state index contributed by atoms with van der Waals surface area (Å²) in [5.41, 5.74) is 0. The molecule has 0 fully saturated rings. The summed E-state index contributed by atoms with van der Waals surface area (Å²) in [7, 11) is 0. The van der Waals surface area contributed by atoms with Crippen molar-refractivity contribution >= 4 is 17.9 Å². The second-order valence-corrected chi connectivity index (χ2v) is 20.9. The van der Waals surface area contributed by atoms with Gasteiger partial charge in [-0.05, 0) is 109 Å². The lowest BCUT2D eigenvalue weighted by atomic mass is 10.0. The molecule has 76 heavy (non-hydrogen) atoms. The van der Waals surface area contributed by atoms with Crippen molar-refractivity contribution in [2.75, 3.05) is 13.2 Å². The molecule has 0 aliphatic carbocycles. The molecule has 1 unspecified atom stereocenters. The van der Waals surface area contributed by atoms with Crippen LogP contribution in [0.5, 0.6) is 0 Å². The van der Waals surface area contributed by atoms with Gasteiger partial charge in [0.15, 0.2) is 6.10 Å². The first-order valence-electron chi connectivity index (χ1n) is 31.9. The first-order valence-corrected chi connectivity index (χ1v) is 31.9. The van der Waals surface area contributed by atoms with Crippen molar-refractivity contribution in [3.63, 3.8) is 0 Å². The van der Waals surface area contributed by atoms with Gasteiger partial charge in [0.2, 0.25) is 0 Å². The maximum Gasteiger partial charge on any atom is 0.306 e. The predicted octanol–water partition coefficient (Wildman–Crippen LogP) is 21.8. The number of hydrogen-bond acceptors (Lipinski definition) is 6. The highest BCUT2D eigenvalue weighted by Crippen LogP contribution is 2.16. The van der Waals surface area contributed by atoms with Crippen molar-refractivity contribution in [2.24, 2.45) is 0 Å². The molecule has 0 aromatic carbocycles. The third-order valence-electron chi connectivity index (χ3n) is 13.5. The fourth-order valence-corrected chi connectivity index (χ4v) is 8.75. The van der Waals surface area contributed by atoms with E-state index in [9.17, 15) is 14.4 Å². The van der Waals surface area contributed by atoms with E-state index in [2.05, 4.69) is 130 Å². The number of hydrogen-bond donors (Lipinski definition) is 0. The van der Waals surface area contributed by atoms with E-state index in [1.54, 1.807) is 0 Å². The van der Waals surface area contributed by atoms with Crippen LogP contribution in [0.3, 0.4) is 0 Å². The van der Waals surface area contributed by atoms with E-state index in [1.807, 2.05) is 0 Å². The fourth-order valence-electron chi connectivity index (χ4n) is 8.75. The van der Waals surface area contributed by atoms with E-state index < -0.39 is 6.10 Å². The summed E-state index contributed by atoms with van der Waals surface area (Å²) in [5, 5.41) is 0. The molecule has 0 spiro atoms. The maximum absolute atomic E-state index is 12.8. The Morgan fingerprint density at radius 3 is 0.829 bits per heavy atom. The van der Waals surface area contributed by atoms with Crippen molar-refractivity contribution in [2.45, 2.75) is 303 Å². The molecule has 0 bridgehead atoms. The van der Waals surface area contributed by atoms with Gasteiger partial charge >= 0.3 is 17.9 Å². The van der Waals surface area contributed by atoms with Crippen LogP contribution in [0.15, 0.2) is 109 Å². The fraction of sp³-hybridized carbons (Fsp3) is 0.700. The Morgan fingerprint density at radius 1 is 0.276 bits per heavy atom. The van der Waals surface area contributed by atoms with Gasteiger partial charge in [-0.3, -0.25) is 14.4 Å². The molecular weight excluding hydrogens is 937 g/mol. The molecule has 434 valence electrons. The van der Waals surface area contributed by atoms with Crippen molar-refractivity contribution < 1.29 is 28.6 Å². The van der Waals surface area contributed by atoms with Crippen molar-refractivity contribution in [1.82, 2.24) is 0 Å². The van der Waals surface area contributed by atoms with Crippen LogP contribution in [0.1, 0.15) is 297 Å². The van der Waals surface area contributed by atoms with Gasteiger partial charge in [-0.15, -0.1) is 0 Å². The van der Waals surface area contributed by atoms with E-state index in [1.165, 1.54) is 141 Å². The highest BCUT2D eigenvalue weighted by atomic mass is 16.6. The molecule has 0 amide bonds. The van der Waals surface area contributed by atoms with Crippen LogP contribution in [-0.4, -0.2) is 37.2 Å². The average molecular weight is 1060 g/mol. The zero-order valence-corrected chi connectivity index (χ0v) is 49.7. The highest BCUT2D eigenvalue weighted by Gasteiger charge is 2.19. The van der Waals surface area contributed by atoms with Gasteiger partial charge in [0.25, 0.3) is 0 Å². The molecule has 0 aliphatic heterocycles. The lowest BCUT2D eigenvalue weighted by Gasteiger charge is -2.18. The van der Waals surface area contributed by atoms with Gasteiger partial charge in [0.05, 0.1) is 0 Å². The molecule has 0 saturated carbocycles. The van der Waals surface area contributed by atoms with Crippen LogP contribution >= 0.6 is 0 Å². The maximum atomic E-state index is 12.8. The Labute approximate surface area is 470 Å². The van der Waals surface area contributed by atoms with Gasteiger partial charge < -0.3 is 14.2 Å². The van der Waals surface area contributed by atoms with Gasteiger partial charge in [0.1, 0.15) is 13.2 Å². The Balaban J connectivity index is 4.03. The van der Waals surface area contributed by atoms with Crippen molar-refractivity contribution in [3.05, 3.63) is 109 Å². The monoisotopic (exact) mass is 1050 g/mol. The number of esters is 3. The second-order valence-electron chi connectivity index (χ2n) is 20.9. The van der Waals surface area contributed by atoms with Crippen LogP contribution < -0.4 is 0 Å². The molecule has 1 atom stereocenters. The summed E-state index contributed by atoms with van der Waals surface area (Å²) in [6.45, 7) is 6.45. The second kappa shape index (κ2) is 63.6. The zero-order valence-electron chi connectivity index (χ0n) is 49.7. The first-order chi connectivity index (χ1) is 37.5. The van der Waals surface area contributed by atoms with Crippen molar-refractivity contribution in [1.29, 1.82) is 0 Å². The van der Waals surface area contributed by atoms with Gasteiger partial charge in [0, 0.05) is 19.3 Å². The molecule has 0 aliphatic rings. The highest BCUT2D eigenvalue weighted by molar-refractivity contribution is 5.71. The topological polar surface area (TPSA) is 78.9 Å². The van der Waals surface area contributed by atoms with E-state index in [0.717, 1.165) is 116 Å². The molecule has 0 aromatic heterocycles. The molecule has 6 nitrogen and oxygen atoms in total. The molecule has 0 rings (SSSR count). The van der Waals surface area contributed by atoms with E-state index >= 15 is 0 Å². The smallest absolute Gasteiger partial charge is 0.306 e. The Kier molecular flexibility index (Phi) is 60.3. The van der Waals surface area contributed by atoms with Crippen LogP contribution in [0.4, 0.5) is 0 Å². The minimum Gasteiger partial charge on any atom is -0.462 e. The SMILES string of the molecule is CC/C=C\C/C=C\C/C=C\C/C=C\C/C=C\C/C=C\C/C=C\CCCCCCCCCCCCCCCC(=O)OCC(COC(=O)CCCCCCCC)OC(=O)CCCCCCCCC/C=C\C/C=C\CCCCC. The van der Waals surface area contributed by atoms with Gasteiger partial charge in [-0.25, -0.2) is 0 Å². The normalized spacial score (nSPS) is 12.8. The van der Waals surface area contributed by atoms with Crippen LogP contribution in [0.25, 0.3) is 0 Å². The number of unbranched alkanes of at least 4 members (excludes halogenated alkanes) is 28. The van der Waals surface area contributed by atoms with E-state index in [0.29, 0.717) is 19.3 Å². The number of carbonyl (C=O) groups is 3. The van der Waals surface area contributed by atoms with Crippen LogP contribution in [-0.2, 0) is 28.6 Å². The Bertz CT molecular complexity index is 1540. The minimum absolute atomic E-state index is 0.0796. The van der Waals surface area contributed by atoms with E-state index in [-0.39, 0.29) is 31.1 Å². The minimum atomic E-state index is -0.779. The zero-order chi connectivity index (χ0) is 55.0. The first kappa shape index (κ1) is 72.1. The lowest BCUT2D eigenvalue weighted by Crippen LogP contribution is -2.30. The van der Waals surface area contributed by atoms with Crippen molar-refractivity contribution in [3.8, 4) is 0 Å². The summed E-state index contributed by atoms with van der Waals surface area (Å²) < 4.78 is 16.8. The Morgan fingerprint density at radius 2 is 0.513 bits per heavy atom. The predicted molar refractivity (Wildman–Crippen MR) is 330 cm³/mol. The van der Waals surface area contributed by atoms with Gasteiger partial charge in [-0.2, -0.15) is 0 Å². The van der Waals surface area contributed by atoms with Crippen LogP contribution in [0, 0.1) is 0 Å². The molecule has 6 heteroatoms. The summed E-state index contributed by atoms with van der Waals surface area (Å²) in [4.78, 5) is 38.0. The third kappa shape index (κ3) is 60.9. The summed E-state index contributed by atoms with van der Waals surface area (Å²) in [6.07, 6.45) is 87.0. The van der Waals surface area contributed by atoms with E-state index in [4.69, 9.17) is 14.2 Å².